The molecule has 2 N–H and O–H groups in total. The van der Waals surface area contributed by atoms with Crippen LogP contribution in [0, 0.1) is 0 Å². The van der Waals surface area contributed by atoms with Gasteiger partial charge in [-0.25, -0.2) is 4.79 Å². The summed E-state index contributed by atoms with van der Waals surface area (Å²) in [7, 11) is 0. The van der Waals surface area contributed by atoms with Crippen molar-refractivity contribution in [3.8, 4) is 0 Å². The fourth-order valence-electron chi connectivity index (χ4n) is 4.57. The van der Waals surface area contributed by atoms with Gasteiger partial charge in [0.05, 0.1) is 18.8 Å². The monoisotopic (exact) mass is 458 g/mol. The zero-order valence-electron chi connectivity index (χ0n) is 19.6. The van der Waals surface area contributed by atoms with Gasteiger partial charge in [0.1, 0.15) is 6.10 Å². The Balaban J connectivity index is 1.56. The molecule has 0 saturated carbocycles. The average Bonchev–Trinajstić information content (AvgIpc) is 2.90. The van der Waals surface area contributed by atoms with Crippen molar-refractivity contribution in [3.05, 3.63) is 108 Å². The summed E-state index contributed by atoms with van der Waals surface area (Å²) in [5.74, 6) is -0.279. The second-order valence-electron chi connectivity index (χ2n) is 8.84. The van der Waals surface area contributed by atoms with Crippen molar-refractivity contribution in [2.24, 2.45) is 5.73 Å². The van der Waals surface area contributed by atoms with E-state index in [0.717, 1.165) is 44.8 Å². The van der Waals surface area contributed by atoms with Crippen LogP contribution in [0.15, 0.2) is 91.0 Å². The summed E-state index contributed by atoms with van der Waals surface area (Å²) in [4.78, 5) is 15.4. The van der Waals surface area contributed by atoms with Gasteiger partial charge in [-0.15, -0.1) is 0 Å². The Bertz CT molecular complexity index is 992. The first-order chi connectivity index (χ1) is 16.7. The summed E-state index contributed by atoms with van der Waals surface area (Å²) in [6.07, 6.45) is 1.01. The van der Waals surface area contributed by atoms with Crippen LogP contribution in [0.2, 0.25) is 0 Å². The number of carbonyl (C=O) groups excluding carboxylic acids is 1. The van der Waals surface area contributed by atoms with Crippen molar-refractivity contribution in [2.45, 2.75) is 30.9 Å². The lowest BCUT2D eigenvalue weighted by molar-refractivity contribution is 0.0185. The van der Waals surface area contributed by atoms with E-state index in [1.165, 1.54) is 5.56 Å². The molecular formula is C29H34N2O3. The second kappa shape index (κ2) is 12.5. The first-order valence-electron chi connectivity index (χ1n) is 12.1. The Hall–Kier alpha value is -2.99. The highest BCUT2D eigenvalue weighted by Gasteiger charge is 2.31. The quantitative estimate of drug-likeness (QED) is 0.459. The standard InChI is InChI=1S/C29H34N2O3/c30-28(26(24-12-6-2-7-13-24)16-17-31-18-20-33-21-19-31)27(22-23-10-4-1-5-11-23)34-29(32)25-14-8-3-9-15-25/h1-15,26-28H,16-22,30H2. The zero-order chi connectivity index (χ0) is 23.6. The van der Waals surface area contributed by atoms with Gasteiger partial charge in [-0.05, 0) is 36.2 Å². The van der Waals surface area contributed by atoms with E-state index in [1.54, 1.807) is 12.1 Å². The predicted octanol–water partition coefficient (Wildman–Crippen LogP) is 4.29. The van der Waals surface area contributed by atoms with Crippen LogP contribution in [0.5, 0.6) is 0 Å². The minimum atomic E-state index is -0.454. The van der Waals surface area contributed by atoms with Crippen LogP contribution in [-0.2, 0) is 15.9 Å². The van der Waals surface area contributed by atoms with E-state index >= 15 is 0 Å². The molecule has 1 aliphatic heterocycles. The molecule has 5 nitrogen and oxygen atoms in total. The van der Waals surface area contributed by atoms with Crippen LogP contribution in [0.1, 0.15) is 33.8 Å². The van der Waals surface area contributed by atoms with Gasteiger partial charge in [-0.2, -0.15) is 0 Å². The molecule has 1 fully saturated rings. The van der Waals surface area contributed by atoms with E-state index in [0.29, 0.717) is 12.0 Å². The van der Waals surface area contributed by atoms with Gasteiger partial charge in [-0.3, -0.25) is 4.90 Å². The molecule has 1 aliphatic rings. The van der Waals surface area contributed by atoms with E-state index in [1.807, 2.05) is 54.6 Å². The molecule has 0 bridgehead atoms. The number of ether oxygens (including phenoxy) is 2. The molecule has 3 aromatic rings. The minimum absolute atomic E-state index is 0.0568. The van der Waals surface area contributed by atoms with Crippen LogP contribution in [0.25, 0.3) is 0 Å². The lowest BCUT2D eigenvalue weighted by atomic mass is 9.84. The third-order valence-corrected chi connectivity index (χ3v) is 6.53. The predicted molar refractivity (Wildman–Crippen MR) is 135 cm³/mol. The van der Waals surface area contributed by atoms with Crippen LogP contribution in [-0.4, -0.2) is 55.9 Å². The Kier molecular flexibility index (Phi) is 8.85. The molecule has 34 heavy (non-hydrogen) atoms. The molecule has 3 aromatic carbocycles. The molecule has 0 amide bonds. The number of nitrogens with two attached hydrogens (primary N) is 1. The molecule has 3 atom stereocenters. The first kappa shape index (κ1) is 24.1. The van der Waals surface area contributed by atoms with E-state index < -0.39 is 6.10 Å². The maximum absolute atomic E-state index is 13.0. The normalized spacial score (nSPS) is 17.0. The van der Waals surface area contributed by atoms with Crippen LogP contribution < -0.4 is 5.73 Å². The second-order valence-corrected chi connectivity index (χ2v) is 8.84. The van der Waals surface area contributed by atoms with Gasteiger partial charge >= 0.3 is 5.97 Å². The average molecular weight is 459 g/mol. The van der Waals surface area contributed by atoms with E-state index in [2.05, 4.69) is 29.2 Å². The van der Waals surface area contributed by atoms with Gasteiger partial charge in [0.15, 0.2) is 0 Å². The zero-order valence-corrected chi connectivity index (χ0v) is 19.6. The molecule has 4 rings (SSSR count). The van der Waals surface area contributed by atoms with Gasteiger partial charge < -0.3 is 15.2 Å². The molecule has 5 heteroatoms. The third-order valence-electron chi connectivity index (χ3n) is 6.53. The van der Waals surface area contributed by atoms with Crippen LogP contribution >= 0.6 is 0 Å². The number of benzene rings is 3. The topological polar surface area (TPSA) is 64.8 Å². The van der Waals surface area contributed by atoms with Gasteiger partial charge in [0, 0.05) is 31.5 Å². The summed E-state index contributed by atoms with van der Waals surface area (Å²) in [6, 6.07) is 29.3. The maximum atomic E-state index is 13.0. The van der Waals surface area contributed by atoms with E-state index in [-0.39, 0.29) is 17.9 Å². The Labute approximate surface area is 202 Å². The molecular weight excluding hydrogens is 424 g/mol. The van der Waals surface area contributed by atoms with Crippen molar-refractivity contribution in [2.75, 3.05) is 32.8 Å². The molecule has 0 radical (unpaired) electrons. The van der Waals surface area contributed by atoms with Crippen molar-refractivity contribution >= 4 is 5.97 Å². The molecule has 0 spiro atoms. The van der Waals surface area contributed by atoms with Crippen LogP contribution in [0.3, 0.4) is 0 Å². The molecule has 0 aromatic heterocycles. The number of morpholine rings is 1. The Morgan fingerprint density at radius 1 is 0.882 bits per heavy atom. The summed E-state index contributed by atoms with van der Waals surface area (Å²) in [5.41, 5.74) is 9.78. The minimum Gasteiger partial charge on any atom is -0.457 e. The molecule has 1 heterocycles. The Morgan fingerprint density at radius 3 is 2.12 bits per heavy atom. The maximum Gasteiger partial charge on any atom is 0.338 e. The summed E-state index contributed by atoms with van der Waals surface area (Å²) in [5, 5.41) is 0. The van der Waals surface area contributed by atoms with Crippen molar-refractivity contribution in [1.82, 2.24) is 4.90 Å². The van der Waals surface area contributed by atoms with Gasteiger partial charge in [0.2, 0.25) is 0 Å². The fraction of sp³-hybridized carbons (Fsp3) is 0.345. The van der Waals surface area contributed by atoms with Crippen molar-refractivity contribution in [1.29, 1.82) is 0 Å². The summed E-state index contributed by atoms with van der Waals surface area (Å²) in [6.45, 7) is 4.35. The van der Waals surface area contributed by atoms with E-state index in [4.69, 9.17) is 15.2 Å². The lowest BCUT2D eigenvalue weighted by Crippen LogP contribution is -2.45. The summed E-state index contributed by atoms with van der Waals surface area (Å²) >= 11 is 0. The smallest absolute Gasteiger partial charge is 0.338 e. The Morgan fingerprint density at radius 2 is 1.47 bits per heavy atom. The SMILES string of the molecule is NC(C(Cc1ccccc1)OC(=O)c1ccccc1)C(CCN1CCOCC1)c1ccccc1. The number of hydrogen-bond acceptors (Lipinski definition) is 5. The number of nitrogens with zero attached hydrogens (tertiary/aromatic N) is 1. The number of esters is 1. The highest BCUT2D eigenvalue weighted by molar-refractivity contribution is 5.89. The number of carbonyl (C=O) groups is 1. The largest absolute Gasteiger partial charge is 0.457 e. The molecule has 1 saturated heterocycles. The highest BCUT2D eigenvalue weighted by Crippen LogP contribution is 2.28. The van der Waals surface area contributed by atoms with Gasteiger partial charge in [0.25, 0.3) is 0 Å². The summed E-state index contributed by atoms with van der Waals surface area (Å²) < 4.78 is 11.6. The number of hydrogen-bond donors (Lipinski definition) is 1. The van der Waals surface area contributed by atoms with Crippen molar-refractivity contribution < 1.29 is 14.3 Å². The highest BCUT2D eigenvalue weighted by atomic mass is 16.5. The lowest BCUT2D eigenvalue weighted by Gasteiger charge is -2.34. The van der Waals surface area contributed by atoms with Crippen molar-refractivity contribution in [3.63, 3.8) is 0 Å². The molecule has 3 unspecified atom stereocenters. The number of rotatable bonds is 10. The van der Waals surface area contributed by atoms with Crippen LogP contribution in [0.4, 0.5) is 0 Å². The van der Waals surface area contributed by atoms with E-state index in [9.17, 15) is 4.79 Å². The van der Waals surface area contributed by atoms with Gasteiger partial charge in [-0.1, -0.05) is 78.9 Å². The first-order valence-corrected chi connectivity index (χ1v) is 12.1. The molecule has 0 aliphatic carbocycles. The third kappa shape index (κ3) is 6.76. The fourth-order valence-corrected chi connectivity index (χ4v) is 4.57. The molecule has 178 valence electrons.